The van der Waals surface area contributed by atoms with Crippen LogP contribution in [0.1, 0.15) is 21.6 Å². The van der Waals surface area contributed by atoms with Crippen molar-refractivity contribution in [1.82, 2.24) is 9.78 Å². The second kappa shape index (κ2) is 8.09. The lowest BCUT2D eigenvalue weighted by Gasteiger charge is -2.10. The van der Waals surface area contributed by atoms with E-state index in [1.807, 2.05) is 60.7 Å². The van der Waals surface area contributed by atoms with Crippen LogP contribution in [0.15, 0.2) is 78.9 Å². The topological polar surface area (TPSA) is 114 Å². The highest BCUT2D eigenvalue weighted by atomic mass is 16.2. The molecule has 7 heteroatoms. The minimum atomic E-state index is -1.53. The molecule has 1 heterocycles. The van der Waals surface area contributed by atoms with Gasteiger partial charge < -0.3 is 11.1 Å². The zero-order chi connectivity index (χ0) is 22.9. The van der Waals surface area contributed by atoms with Crippen molar-refractivity contribution in [2.24, 2.45) is 5.92 Å². The number of nitrogens with zero attached hydrogens (tertiary/aromatic N) is 3. The van der Waals surface area contributed by atoms with E-state index in [2.05, 4.69) is 10.4 Å². The van der Waals surface area contributed by atoms with Crippen molar-refractivity contribution in [3.05, 3.63) is 95.7 Å². The normalized spacial score (nSPS) is 12.3. The number of aromatic nitrogens is 2. The molecule has 1 unspecified atom stereocenters. The number of nitrogens with two attached hydrogens (primary N) is 1. The van der Waals surface area contributed by atoms with Crippen LogP contribution in [-0.2, 0) is 11.2 Å². The van der Waals surface area contributed by atoms with Crippen LogP contribution in [-0.4, -0.2) is 21.5 Å². The number of benzene rings is 3. The summed E-state index contributed by atoms with van der Waals surface area (Å²) in [6.07, 6.45) is 0.470. The van der Waals surface area contributed by atoms with Crippen molar-refractivity contribution in [3.63, 3.8) is 0 Å². The summed E-state index contributed by atoms with van der Waals surface area (Å²) >= 11 is 0. The van der Waals surface area contributed by atoms with E-state index in [1.54, 1.807) is 28.9 Å². The molecule has 7 nitrogen and oxygen atoms in total. The lowest BCUT2D eigenvalue weighted by Crippen LogP contribution is -2.29. The van der Waals surface area contributed by atoms with Crippen LogP contribution in [0.3, 0.4) is 0 Å². The fourth-order valence-corrected chi connectivity index (χ4v) is 4.12. The maximum atomic E-state index is 13.4. The number of carbonyl (C=O) groups excluding carboxylic acids is 2. The first-order chi connectivity index (χ1) is 16.1. The number of hydrogen-bond acceptors (Lipinski definition) is 5. The molecule has 0 bridgehead atoms. The molecule has 3 aromatic carbocycles. The van der Waals surface area contributed by atoms with Gasteiger partial charge in [0.25, 0.3) is 0 Å². The highest BCUT2D eigenvalue weighted by Gasteiger charge is 2.36. The molecule has 5 rings (SSSR count). The molecule has 1 amide bonds. The molecule has 1 aliphatic rings. The van der Waals surface area contributed by atoms with Gasteiger partial charge in [-0.1, -0.05) is 42.5 Å². The predicted octanol–water partition coefficient (Wildman–Crippen LogP) is 3.99. The Morgan fingerprint density at radius 2 is 1.73 bits per heavy atom. The Kier molecular flexibility index (Phi) is 4.96. The largest absolute Gasteiger partial charge is 0.399 e. The molecule has 4 aromatic rings. The molecule has 0 aliphatic heterocycles. The number of amides is 1. The Hall–Kier alpha value is -4.70. The number of fused-ring (bicyclic) bond motifs is 3. The van der Waals surface area contributed by atoms with Gasteiger partial charge in [-0.05, 0) is 42.0 Å². The minimum absolute atomic E-state index is 0.124. The summed E-state index contributed by atoms with van der Waals surface area (Å²) in [6.45, 7) is 0. The predicted molar refractivity (Wildman–Crippen MR) is 125 cm³/mol. The van der Waals surface area contributed by atoms with Crippen molar-refractivity contribution in [2.75, 3.05) is 11.1 Å². The number of para-hydroxylation sites is 2. The van der Waals surface area contributed by atoms with Gasteiger partial charge in [0, 0.05) is 28.9 Å². The lowest BCUT2D eigenvalue weighted by atomic mass is 9.98. The maximum absolute atomic E-state index is 13.4. The molecule has 0 spiro atoms. The third kappa shape index (κ3) is 3.54. The Balaban J connectivity index is 1.58. The monoisotopic (exact) mass is 433 g/mol. The number of nitrogen functional groups attached to an aromatic ring is 1. The summed E-state index contributed by atoms with van der Waals surface area (Å²) in [5.74, 6) is -2.84. The second-order valence-electron chi connectivity index (χ2n) is 7.80. The first kappa shape index (κ1) is 20.2. The SMILES string of the molecule is N#CC(C(=O)Nc1ccccc1)C(=O)c1nn(-c2ccccc2)c2c1Cc1ccc(N)cc1-2. The number of rotatable bonds is 5. The molecule has 1 atom stereocenters. The molecule has 160 valence electrons. The van der Waals surface area contributed by atoms with Gasteiger partial charge in [0.2, 0.25) is 11.7 Å². The van der Waals surface area contributed by atoms with Crippen LogP contribution in [0.5, 0.6) is 0 Å². The van der Waals surface area contributed by atoms with Crippen LogP contribution in [0.25, 0.3) is 16.9 Å². The number of Topliss-reactive ketones (excluding diaryl/α,β-unsaturated/α-hetero) is 1. The van der Waals surface area contributed by atoms with Crippen LogP contribution >= 0.6 is 0 Å². The van der Waals surface area contributed by atoms with E-state index in [0.717, 1.165) is 22.5 Å². The fourth-order valence-electron chi connectivity index (χ4n) is 4.12. The molecule has 0 radical (unpaired) electrons. The number of ketones is 1. The average Bonchev–Trinajstić information content (AvgIpc) is 3.38. The van der Waals surface area contributed by atoms with Crippen molar-refractivity contribution in [2.45, 2.75) is 6.42 Å². The standard InChI is InChI=1S/C26H19N5O2/c27-15-22(26(33)29-18-7-3-1-4-8-18)25(32)23-21-13-16-11-12-17(28)14-20(16)24(21)31(30-23)19-9-5-2-6-10-19/h1-12,14,22H,13,28H2,(H,29,33). The Morgan fingerprint density at radius 1 is 1.03 bits per heavy atom. The zero-order valence-corrected chi connectivity index (χ0v) is 17.5. The van der Waals surface area contributed by atoms with Gasteiger partial charge in [-0.15, -0.1) is 0 Å². The molecular weight excluding hydrogens is 414 g/mol. The number of hydrogen-bond donors (Lipinski definition) is 2. The van der Waals surface area contributed by atoms with Gasteiger partial charge in [0.15, 0.2) is 5.92 Å². The number of nitrogens with one attached hydrogen (secondary N) is 1. The van der Waals surface area contributed by atoms with E-state index in [1.165, 1.54) is 0 Å². The molecule has 0 saturated carbocycles. The molecule has 1 aliphatic carbocycles. The Labute approximate surface area is 190 Å². The van der Waals surface area contributed by atoms with E-state index < -0.39 is 17.6 Å². The summed E-state index contributed by atoms with van der Waals surface area (Å²) in [6, 6.07) is 25.6. The Morgan fingerprint density at radius 3 is 2.42 bits per heavy atom. The average molecular weight is 433 g/mol. The van der Waals surface area contributed by atoms with Crippen molar-refractivity contribution in [1.29, 1.82) is 5.26 Å². The van der Waals surface area contributed by atoms with E-state index in [4.69, 9.17) is 5.73 Å². The molecule has 3 N–H and O–H groups in total. The van der Waals surface area contributed by atoms with Gasteiger partial charge in [0.1, 0.15) is 5.69 Å². The third-order valence-corrected chi connectivity index (χ3v) is 5.67. The second-order valence-corrected chi connectivity index (χ2v) is 7.80. The summed E-state index contributed by atoms with van der Waals surface area (Å²) in [5, 5.41) is 16.9. The van der Waals surface area contributed by atoms with Gasteiger partial charge in [-0.25, -0.2) is 4.68 Å². The lowest BCUT2D eigenvalue weighted by molar-refractivity contribution is -0.117. The van der Waals surface area contributed by atoms with E-state index in [9.17, 15) is 14.9 Å². The summed E-state index contributed by atoms with van der Waals surface area (Å²) in [7, 11) is 0. The van der Waals surface area contributed by atoms with Crippen LogP contribution in [0.2, 0.25) is 0 Å². The highest BCUT2D eigenvalue weighted by Crippen LogP contribution is 2.41. The molecular formula is C26H19N5O2. The maximum Gasteiger partial charge on any atom is 0.249 e. The van der Waals surface area contributed by atoms with Gasteiger partial charge in [-0.3, -0.25) is 9.59 Å². The van der Waals surface area contributed by atoms with Crippen LogP contribution in [0, 0.1) is 17.2 Å². The van der Waals surface area contributed by atoms with E-state index in [0.29, 0.717) is 23.4 Å². The zero-order valence-electron chi connectivity index (χ0n) is 17.5. The number of anilines is 2. The van der Waals surface area contributed by atoms with Crippen LogP contribution in [0.4, 0.5) is 11.4 Å². The minimum Gasteiger partial charge on any atom is -0.399 e. The van der Waals surface area contributed by atoms with Crippen molar-refractivity contribution >= 4 is 23.1 Å². The van der Waals surface area contributed by atoms with Gasteiger partial charge in [-0.2, -0.15) is 10.4 Å². The number of nitriles is 1. The summed E-state index contributed by atoms with van der Waals surface area (Å²) in [5.41, 5.74) is 11.4. The number of carbonyl (C=O) groups is 2. The summed E-state index contributed by atoms with van der Waals surface area (Å²) in [4.78, 5) is 26.2. The first-order valence-corrected chi connectivity index (χ1v) is 10.4. The summed E-state index contributed by atoms with van der Waals surface area (Å²) < 4.78 is 1.69. The van der Waals surface area contributed by atoms with Crippen molar-refractivity contribution in [3.8, 4) is 23.0 Å². The van der Waals surface area contributed by atoms with E-state index in [-0.39, 0.29) is 5.69 Å². The fraction of sp³-hybridized carbons (Fsp3) is 0.0769. The van der Waals surface area contributed by atoms with Gasteiger partial charge in [0.05, 0.1) is 17.5 Å². The van der Waals surface area contributed by atoms with Crippen molar-refractivity contribution < 1.29 is 9.59 Å². The Bertz CT molecular complexity index is 1420. The highest BCUT2D eigenvalue weighted by molar-refractivity contribution is 6.16. The molecule has 0 fully saturated rings. The smallest absolute Gasteiger partial charge is 0.249 e. The molecule has 1 aromatic heterocycles. The van der Waals surface area contributed by atoms with Crippen LogP contribution < -0.4 is 11.1 Å². The molecule has 0 saturated heterocycles. The third-order valence-electron chi connectivity index (χ3n) is 5.67. The first-order valence-electron chi connectivity index (χ1n) is 10.4. The molecule has 33 heavy (non-hydrogen) atoms. The van der Waals surface area contributed by atoms with Gasteiger partial charge >= 0.3 is 0 Å². The quantitative estimate of drug-likeness (QED) is 0.247. The van der Waals surface area contributed by atoms with E-state index >= 15 is 0 Å².